The Morgan fingerprint density at radius 1 is 0.853 bits per heavy atom. The highest BCUT2D eigenvalue weighted by atomic mass is 16.5. The zero-order chi connectivity index (χ0) is 24.2. The number of methoxy groups -OCH3 is 1. The van der Waals surface area contributed by atoms with E-state index >= 15 is 0 Å². The fraction of sp³-hybridized carbons (Fsp3) is 0.310. The Morgan fingerprint density at radius 3 is 1.94 bits per heavy atom. The molecule has 0 spiro atoms. The molecule has 0 aliphatic carbocycles. The summed E-state index contributed by atoms with van der Waals surface area (Å²) in [4.78, 5) is 2.33. The molecular formula is C29H36N2O3. The zero-order valence-electron chi connectivity index (χ0n) is 20.2. The van der Waals surface area contributed by atoms with Crippen molar-refractivity contribution >= 4 is 11.1 Å². The van der Waals surface area contributed by atoms with Crippen LogP contribution in [0, 0.1) is 0 Å². The molecule has 1 aliphatic heterocycles. The summed E-state index contributed by atoms with van der Waals surface area (Å²) in [5.74, 6) is 1.05. The Morgan fingerprint density at radius 2 is 1.44 bits per heavy atom. The van der Waals surface area contributed by atoms with Gasteiger partial charge in [-0.1, -0.05) is 54.6 Å². The van der Waals surface area contributed by atoms with Gasteiger partial charge in [0.25, 0.3) is 0 Å². The van der Waals surface area contributed by atoms with Gasteiger partial charge in [-0.15, -0.1) is 0 Å². The Labute approximate surface area is 203 Å². The normalized spacial score (nSPS) is 14.6. The van der Waals surface area contributed by atoms with Gasteiger partial charge in [-0.05, 0) is 72.0 Å². The van der Waals surface area contributed by atoms with E-state index in [9.17, 15) is 10.2 Å². The number of nitrogens with zero attached hydrogens (tertiary/aromatic N) is 1. The van der Waals surface area contributed by atoms with E-state index in [1.807, 2.05) is 54.6 Å². The highest BCUT2D eigenvalue weighted by Gasteiger charge is 2.14. The molecule has 4 rings (SSSR count). The number of rotatable bonds is 7. The van der Waals surface area contributed by atoms with E-state index in [1.165, 1.54) is 18.7 Å². The third-order valence-corrected chi connectivity index (χ3v) is 5.88. The molecule has 0 radical (unpaired) electrons. The lowest BCUT2D eigenvalue weighted by atomic mass is 9.87. The molecule has 5 heteroatoms. The summed E-state index contributed by atoms with van der Waals surface area (Å²) in [6, 6.07) is 25.5. The molecule has 0 atom stereocenters. The van der Waals surface area contributed by atoms with E-state index in [4.69, 9.17) is 4.74 Å². The van der Waals surface area contributed by atoms with Gasteiger partial charge in [0, 0.05) is 32.8 Å². The number of aliphatic hydroxyl groups excluding tert-OH is 1. The molecular weight excluding hydrogens is 424 g/mol. The van der Waals surface area contributed by atoms with Gasteiger partial charge < -0.3 is 25.2 Å². The number of hydrogen-bond donors (Lipinski definition) is 3. The van der Waals surface area contributed by atoms with Crippen LogP contribution < -0.4 is 10.1 Å². The van der Waals surface area contributed by atoms with E-state index in [1.54, 1.807) is 19.2 Å². The fourth-order valence-electron chi connectivity index (χ4n) is 3.99. The Kier molecular flexibility index (Phi) is 10.2. The summed E-state index contributed by atoms with van der Waals surface area (Å²) in [6.07, 6.45) is 1.44. The number of nitrogens with one attached hydrogen (secondary N) is 1. The molecule has 1 heterocycles. The van der Waals surface area contributed by atoms with Crippen molar-refractivity contribution in [3.05, 3.63) is 95.6 Å². The summed E-state index contributed by atoms with van der Waals surface area (Å²) in [6.45, 7) is 4.88. The molecule has 1 aliphatic rings. The zero-order valence-corrected chi connectivity index (χ0v) is 20.2. The standard InChI is InChI=1S/C24H24O3.C5H12N2/c1-27-22-15-11-20(12-16-22)24(19-9-13-21(26)14-10-19)23(8-5-17-25)18-6-3-2-4-7-18;1-7-4-2-6-3-5-7/h2-4,6-7,9-16,25-26H,5,8,17H2,1H3;6H,2-5H2,1H3/b24-23-;. The second kappa shape index (κ2) is 13.6. The van der Waals surface area contributed by atoms with E-state index in [0.717, 1.165) is 47.5 Å². The van der Waals surface area contributed by atoms with Crippen molar-refractivity contribution in [1.82, 2.24) is 10.2 Å². The van der Waals surface area contributed by atoms with Crippen LogP contribution >= 0.6 is 0 Å². The van der Waals surface area contributed by atoms with Gasteiger partial charge in [0.2, 0.25) is 0 Å². The maximum Gasteiger partial charge on any atom is 0.118 e. The van der Waals surface area contributed by atoms with Crippen molar-refractivity contribution in [2.45, 2.75) is 12.8 Å². The van der Waals surface area contributed by atoms with Crippen LogP contribution in [-0.2, 0) is 0 Å². The monoisotopic (exact) mass is 460 g/mol. The number of allylic oxidation sites excluding steroid dienone is 1. The second-order valence-electron chi connectivity index (χ2n) is 8.38. The third kappa shape index (κ3) is 7.45. The van der Waals surface area contributed by atoms with Crippen molar-refractivity contribution < 1.29 is 14.9 Å². The summed E-state index contributed by atoms with van der Waals surface area (Å²) in [5, 5.41) is 22.4. The maximum atomic E-state index is 9.71. The summed E-state index contributed by atoms with van der Waals surface area (Å²) >= 11 is 0. The molecule has 0 bridgehead atoms. The maximum absolute atomic E-state index is 9.71. The average Bonchev–Trinajstić information content (AvgIpc) is 2.89. The highest BCUT2D eigenvalue weighted by Crippen LogP contribution is 2.36. The van der Waals surface area contributed by atoms with Crippen LogP contribution in [0.25, 0.3) is 11.1 Å². The number of benzene rings is 3. The molecule has 0 unspecified atom stereocenters. The van der Waals surface area contributed by atoms with Crippen LogP contribution in [0.1, 0.15) is 29.5 Å². The smallest absolute Gasteiger partial charge is 0.118 e. The number of aliphatic hydroxyl groups is 1. The number of phenolic OH excluding ortho intramolecular Hbond substituents is 1. The molecule has 3 aromatic carbocycles. The number of likely N-dealkylation sites (N-methyl/N-ethyl adjacent to an activating group) is 1. The molecule has 0 amide bonds. The number of hydrogen-bond acceptors (Lipinski definition) is 5. The summed E-state index contributed by atoms with van der Waals surface area (Å²) in [5.41, 5.74) is 5.48. The topological polar surface area (TPSA) is 65.0 Å². The quantitative estimate of drug-likeness (QED) is 0.448. The second-order valence-corrected chi connectivity index (χ2v) is 8.38. The Balaban J connectivity index is 0.000000396. The Bertz CT molecular complexity index is 1010. The number of ether oxygens (including phenoxy) is 1. The van der Waals surface area contributed by atoms with Crippen LogP contribution in [0.4, 0.5) is 0 Å². The van der Waals surface area contributed by atoms with Crippen molar-refractivity contribution in [2.24, 2.45) is 0 Å². The lowest BCUT2D eigenvalue weighted by Crippen LogP contribution is -2.40. The molecule has 0 saturated carbocycles. The molecule has 3 N–H and O–H groups in total. The molecule has 1 saturated heterocycles. The van der Waals surface area contributed by atoms with Gasteiger partial charge in [-0.25, -0.2) is 0 Å². The molecule has 1 fully saturated rings. The number of aromatic hydroxyl groups is 1. The molecule has 0 aromatic heterocycles. The first kappa shape index (κ1) is 25.5. The van der Waals surface area contributed by atoms with Gasteiger partial charge in [-0.3, -0.25) is 0 Å². The first-order valence-electron chi connectivity index (χ1n) is 11.8. The van der Waals surface area contributed by atoms with E-state index in [0.29, 0.717) is 6.42 Å². The average molecular weight is 461 g/mol. The van der Waals surface area contributed by atoms with Crippen molar-refractivity contribution in [2.75, 3.05) is 46.9 Å². The first-order valence-corrected chi connectivity index (χ1v) is 11.8. The van der Waals surface area contributed by atoms with E-state index in [2.05, 4.69) is 29.4 Å². The molecule has 5 nitrogen and oxygen atoms in total. The van der Waals surface area contributed by atoms with Crippen molar-refractivity contribution in [3.63, 3.8) is 0 Å². The lowest BCUT2D eigenvalue weighted by molar-refractivity contribution is 0.290. The third-order valence-electron chi connectivity index (χ3n) is 5.88. The minimum absolute atomic E-state index is 0.141. The van der Waals surface area contributed by atoms with Crippen LogP contribution in [0.2, 0.25) is 0 Å². The summed E-state index contributed by atoms with van der Waals surface area (Å²) < 4.78 is 5.30. The SMILES string of the molecule is CN1CCNCC1.COc1ccc(/C(=C(/CCCO)c2ccccc2)c2ccc(O)cc2)cc1. The number of phenols is 1. The van der Waals surface area contributed by atoms with Gasteiger partial charge >= 0.3 is 0 Å². The van der Waals surface area contributed by atoms with E-state index < -0.39 is 0 Å². The van der Waals surface area contributed by atoms with E-state index in [-0.39, 0.29) is 12.4 Å². The highest BCUT2D eigenvalue weighted by molar-refractivity contribution is 5.98. The number of piperazine rings is 1. The van der Waals surface area contributed by atoms with Gasteiger partial charge in [-0.2, -0.15) is 0 Å². The van der Waals surface area contributed by atoms with Crippen LogP contribution in [0.15, 0.2) is 78.9 Å². The van der Waals surface area contributed by atoms with Crippen LogP contribution in [0.5, 0.6) is 11.5 Å². The van der Waals surface area contributed by atoms with Crippen molar-refractivity contribution in [3.8, 4) is 11.5 Å². The van der Waals surface area contributed by atoms with Gasteiger partial charge in [0.15, 0.2) is 0 Å². The molecule has 3 aromatic rings. The van der Waals surface area contributed by atoms with Crippen LogP contribution in [-0.4, -0.2) is 62.1 Å². The van der Waals surface area contributed by atoms with Gasteiger partial charge in [0.05, 0.1) is 7.11 Å². The molecule has 180 valence electrons. The minimum Gasteiger partial charge on any atom is -0.508 e. The van der Waals surface area contributed by atoms with Crippen molar-refractivity contribution in [1.29, 1.82) is 0 Å². The fourth-order valence-corrected chi connectivity index (χ4v) is 3.99. The lowest BCUT2D eigenvalue weighted by Gasteiger charge is -2.21. The predicted molar refractivity (Wildman–Crippen MR) is 140 cm³/mol. The minimum atomic E-state index is 0.141. The van der Waals surface area contributed by atoms with Crippen LogP contribution in [0.3, 0.4) is 0 Å². The predicted octanol–water partition coefficient (Wildman–Crippen LogP) is 4.65. The van der Waals surface area contributed by atoms with Gasteiger partial charge in [0.1, 0.15) is 11.5 Å². The summed E-state index contributed by atoms with van der Waals surface area (Å²) in [7, 11) is 3.81. The first-order chi connectivity index (χ1) is 16.6. The Hall–Kier alpha value is -3.12. The molecule has 34 heavy (non-hydrogen) atoms. The largest absolute Gasteiger partial charge is 0.508 e.